The third-order valence-corrected chi connectivity index (χ3v) is 7.35. The number of hydrogen-bond acceptors (Lipinski definition) is 7. The number of carbonyl (C=O) groups excluding carboxylic acids is 3. The molecule has 2 aromatic carbocycles. The highest BCUT2D eigenvalue weighted by Gasteiger charge is 2.36. The molecule has 0 aliphatic carbocycles. The number of para-hydroxylation sites is 1. The summed E-state index contributed by atoms with van der Waals surface area (Å²) in [5, 5.41) is 3.46. The number of fused-ring (bicyclic) bond motifs is 1. The molecule has 1 fully saturated rings. The maximum absolute atomic E-state index is 14.3. The van der Waals surface area contributed by atoms with E-state index in [1.807, 2.05) is 6.07 Å². The number of carbonyl (C=O) groups is 3. The fourth-order valence-corrected chi connectivity index (χ4v) is 5.52. The number of anilines is 1. The minimum absolute atomic E-state index is 0.119. The average molecular weight is 482 g/mol. The van der Waals surface area contributed by atoms with Crippen LogP contribution < -0.4 is 10.7 Å². The number of hydrogen-bond donors (Lipinski definition) is 2. The number of thioether (sulfide) groups is 1. The number of nitrogens with one attached hydrogen (secondary N) is 2. The Morgan fingerprint density at radius 3 is 2.79 bits per heavy atom. The lowest BCUT2D eigenvalue weighted by Gasteiger charge is -2.24. The molecule has 11 heteroatoms. The summed E-state index contributed by atoms with van der Waals surface area (Å²) in [7, 11) is 0. The summed E-state index contributed by atoms with van der Waals surface area (Å²) in [5.41, 5.74) is 4.86. The van der Waals surface area contributed by atoms with Gasteiger partial charge in [-0.25, -0.2) is 19.4 Å². The summed E-state index contributed by atoms with van der Waals surface area (Å²) >= 11 is 2.24. The summed E-state index contributed by atoms with van der Waals surface area (Å²) in [6.07, 6.45) is 0. The van der Waals surface area contributed by atoms with Gasteiger partial charge in [0.05, 0.1) is 17.1 Å². The number of thiazole rings is 1. The highest BCUT2D eigenvalue weighted by atomic mass is 32.2. The Bertz CT molecular complexity index is 1340. The molecule has 0 spiro atoms. The number of hydrazine groups is 1. The molecule has 3 heterocycles. The molecule has 0 saturated carbocycles. The van der Waals surface area contributed by atoms with Crippen LogP contribution in [-0.2, 0) is 9.59 Å². The molecule has 5 rings (SSSR count). The monoisotopic (exact) mass is 481 g/mol. The largest absolute Gasteiger partial charge is 0.320 e. The minimum atomic E-state index is -0.672. The number of rotatable bonds is 4. The number of aryl methyl sites for hydroxylation is 1. The van der Waals surface area contributed by atoms with Gasteiger partial charge in [0, 0.05) is 11.1 Å². The maximum atomic E-state index is 14.3. The molecule has 166 valence electrons. The van der Waals surface area contributed by atoms with Crippen LogP contribution in [0.3, 0.4) is 0 Å². The Morgan fingerprint density at radius 2 is 1.97 bits per heavy atom. The van der Waals surface area contributed by atoms with E-state index in [1.165, 1.54) is 17.8 Å². The van der Waals surface area contributed by atoms with Gasteiger partial charge in [0.15, 0.2) is 0 Å². The van der Waals surface area contributed by atoms with Crippen LogP contribution in [-0.4, -0.2) is 39.2 Å². The molecule has 33 heavy (non-hydrogen) atoms. The van der Waals surface area contributed by atoms with E-state index in [2.05, 4.69) is 20.7 Å². The van der Waals surface area contributed by atoms with Gasteiger partial charge in [-0.2, -0.15) is 0 Å². The lowest BCUT2D eigenvalue weighted by Crippen LogP contribution is -2.44. The molecule has 1 saturated heterocycles. The molecule has 0 bridgehead atoms. The maximum Gasteiger partial charge on any atom is 0.281 e. The fourth-order valence-electron chi connectivity index (χ4n) is 3.56. The van der Waals surface area contributed by atoms with Gasteiger partial charge in [0.2, 0.25) is 5.13 Å². The van der Waals surface area contributed by atoms with Gasteiger partial charge in [-0.1, -0.05) is 47.7 Å². The van der Waals surface area contributed by atoms with Crippen molar-refractivity contribution >= 4 is 57.4 Å². The van der Waals surface area contributed by atoms with E-state index in [-0.39, 0.29) is 33.3 Å². The first-order valence-corrected chi connectivity index (χ1v) is 11.7. The van der Waals surface area contributed by atoms with Gasteiger partial charge in [-0.15, -0.1) is 11.8 Å². The van der Waals surface area contributed by atoms with Crippen LogP contribution in [0.15, 0.2) is 53.5 Å². The quantitative estimate of drug-likeness (QED) is 0.593. The van der Waals surface area contributed by atoms with Crippen LogP contribution in [0.4, 0.5) is 15.2 Å². The Hall–Kier alpha value is -3.57. The highest BCUT2D eigenvalue weighted by Crippen LogP contribution is 2.38. The van der Waals surface area contributed by atoms with Crippen LogP contribution in [0, 0.1) is 12.7 Å². The fraction of sp³-hybridized carbons (Fsp3) is 0.136. The Labute approximate surface area is 195 Å². The second-order valence-corrected chi connectivity index (χ2v) is 9.31. The van der Waals surface area contributed by atoms with E-state index < -0.39 is 17.1 Å². The van der Waals surface area contributed by atoms with Gasteiger partial charge in [0.25, 0.3) is 17.7 Å². The van der Waals surface area contributed by atoms with E-state index in [0.29, 0.717) is 22.5 Å². The summed E-state index contributed by atoms with van der Waals surface area (Å²) in [4.78, 5) is 46.6. The van der Waals surface area contributed by atoms with Crippen molar-refractivity contribution in [3.63, 3.8) is 0 Å². The van der Waals surface area contributed by atoms with Crippen LogP contribution in [0.5, 0.6) is 0 Å². The molecule has 1 atom stereocenters. The van der Waals surface area contributed by atoms with Crippen molar-refractivity contribution in [2.45, 2.75) is 12.3 Å². The zero-order chi connectivity index (χ0) is 23.1. The van der Waals surface area contributed by atoms with E-state index in [0.717, 1.165) is 16.3 Å². The highest BCUT2D eigenvalue weighted by molar-refractivity contribution is 8.00. The molecule has 1 unspecified atom stereocenters. The molecule has 3 amide bonds. The van der Waals surface area contributed by atoms with E-state index >= 15 is 0 Å². The first-order valence-electron chi connectivity index (χ1n) is 9.88. The topological polar surface area (TPSA) is 104 Å². The molecule has 2 aliphatic heterocycles. The summed E-state index contributed by atoms with van der Waals surface area (Å²) in [5.74, 6) is -1.56. The van der Waals surface area contributed by atoms with Crippen molar-refractivity contribution in [1.82, 2.24) is 15.4 Å². The van der Waals surface area contributed by atoms with E-state index in [4.69, 9.17) is 0 Å². The van der Waals surface area contributed by atoms with Crippen molar-refractivity contribution in [1.29, 1.82) is 0 Å². The lowest BCUT2D eigenvalue weighted by molar-refractivity contribution is -0.130. The molecule has 2 aliphatic rings. The molecule has 2 N–H and O–H groups in total. The zero-order valence-corrected chi connectivity index (χ0v) is 18.8. The molecular formula is C22H16FN5O3S2. The molecule has 1 aromatic heterocycles. The van der Waals surface area contributed by atoms with Gasteiger partial charge < -0.3 is 5.32 Å². The van der Waals surface area contributed by atoms with Gasteiger partial charge in [-0.3, -0.25) is 19.8 Å². The van der Waals surface area contributed by atoms with Gasteiger partial charge in [0.1, 0.15) is 21.8 Å². The second kappa shape index (κ2) is 8.41. The predicted molar refractivity (Wildman–Crippen MR) is 124 cm³/mol. The Kier molecular flexibility index (Phi) is 5.43. The van der Waals surface area contributed by atoms with Crippen molar-refractivity contribution in [2.24, 2.45) is 4.99 Å². The SMILES string of the molecule is Cc1nc(/N=C2\C(=O)Nc3ccccc32)sc1C(=O)NN1C(=O)CSC1c1ccccc1F. The van der Waals surface area contributed by atoms with Crippen molar-refractivity contribution in [3.8, 4) is 0 Å². The second-order valence-electron chi connectivity index (χ2n) is 7.26. The number of benzene rings is 2. The minimum Gasteiger partial charge on any atom is -0.320 e. The Balaban J connectivity index is 1.40. The molecule has 3 aromatic rings. The number of nitrogens with zero attached hydrogens (tertiary/aromatic N) is 3. The van der Waals surface area contributed by atoms with Gasteiger partial charge >= 0.3 is 0 Å². The third-order valence-electron chi connectivity index (χ3n) is 5.11. The third kappa shape index (κ3) is 3.89. The summed E-state index contributed by atoms with van der Waals surface area (Å²) in [6.45, 7) is 1.65. The number of halogens is 1. The van der Waals surface area contributed by atoms with E-state index in [9.17, 15) is 18.8 Å². The van der Waals surface area contributed by atoms with Crippen molar-refractivity contribution in [3.05, 3.63) is 76.0 Å². The van der Waals surface area contributed by atoms with Crippen LogP contribution in [0.25, 0.3) is 0 Å². The average Bonchev–Trinajstić information content (AvgIpc) is 3.44. The molecule has 8 nitrogen and oxygen atoms in total. The van der Waals surface area contributed by atoms with Crippen molar-refractivity contribution in [2.75, 3.05) is 11.1 Å². The van der Waals surface area contributed by atoms with E-state index in [1.54, 1.807) is 43.3 Å². The Morgan fingerprint density at radius 1 is 1.21 bits per heavy atom. The molecular weight excluding hydrogens is 465 g/mol. The standard InChI is InChI=1S/C22H16FN5O3S2/c1-11-18(33-22(24-11)26-17-13-7-3-5-9-15(13)25-19(17)30)20(31)27-28-16(29)10-32-21(28)12-6-2-4-8-14(12)23/h2-9,21H,10H2,1H3,(H,27,31)(H,24,25,26,30). The summed E-state index contributed by atoms with van der Waals surface area (Å²) < 4.78 is 14.3. The smallest absolute Gasteiger partial charge is 0.281 e. The van der Waals surface area contributed by atoms with Gasteiger partial charge in [-0.05, 0) is 19.1 Å². The normalized spacial score (nSPS) is 18.5. The number of aliphatic imine (C=N–C) groups is 1. The zero-order valence-electron chi connectivity index (χ0n) is 17.2. The first-order chi connectivity index (χ1) is 15.9. The first kappa shape index (κ1) is 21.3. The number of amides is 3. The number of aromatic nitrogens is 1. The van der Waals surface area contributed by atoms with Crippen molar-refractivity contribution < 1.29 is 18.8 Å². The lowest BCUT2D eigenvalue weighted by atomic mass is 10.1. The van der Waals surface area contributed by atoms with Crippen LogP contribution in [0.2, 0.25) is 0 Å². The summed E-state index contributed by atoms with van der Waals surface area (Å²) in [6, 6.07) is 13.3. The predicted octanol–water partition coefficient (Wildman–Crippen LogP) is 3.58. The van der Waals surface area contributed by atoms with Crippen LogP contribution >= 0.6 is 23.1 Å². The van der Waals surface area contributed by atoms with Crippen LogP contribution in [0.1, 0.15) is 31.9 Å². The molecule has 0 radical (unpaired) electrons.